The van der Waals surface area contributed by atoms with Crippen LogP contribution in [0, 0.1) is 5.92 Å². The molecule has 8 heteroatoms. The first-order valence-electron chi connectivity index (χ1n) is 7.05. The van der Waals surface area contributed by atoms with Crippen LogP contribution in [0.15, 0.2) is 16.5 Å². The molecule has 21 heavy (non-hydrogen) atoms. The Kier molecular flexibility index (Phi) is 2.78. The number of nitrogens with zero attached hydrogens (tertiary/aromatic N) is 4. The van der Waals surface area contributed by atoms with Gasteiger partial charge in [-0.15, -0.1) is 10.2 Å². The van der Waals surface area contributed by atoms with Gasteiger partial charge in [0.15, 0.2) is 11.5 Å². The molecule has 4 rings (SSSR count). The second-order valence-corrected chi connectivity index (χ2v) is 5.65. The van der Waals surface area contributed by atoms with E-state index >= 15 is 0 Å². The number of hydrogen-bond acceptors (Lipinski definition) is 6. The second kappa shape index (κ2) is 4.66. The summed E-state index contributed by atoms with van der Waals surface area (Å²) in [5.74, 6) is 1.07. The number of aliphatic hydroxyl groups is 1. The number of amides is 1. The Morgan fingerprint density at radius 1 is 1.43 bits per heavy atom. The number of rotatable bonds is 2. The lowest BCUT2D eigenvalue weighted by Crippen LogP contribution is -2.35. The summed E-state index contributed by atoms with van der Waals surface area (Å²) >= 11 is 0. The average Bonchev–Trinajstić information content (AvgIpc) is 3.21. The zero-order chi connectivity index (χ0) is 14.4. The Morgan fingerprint density at radius 3 is 3.10 bits per heavy atom. The van der Waals surface area contributed by atoms with Gasteiger partial charge in [-0.2, -0.15) is 5.21 Å². The van der Waals surface area contributed by atoms with E-state index in [0.29, 0.717) is 18.1 Å². The van der Waals surface area contributed by atoms with Gasteiger partial charge in [-0.1, -0.05) is 0 Å². The molecule has 2 aromatic heterocycles. The van der Waals surface area contributed by atoms with E-state index in [0.717, 1.165) is 19.3 Å². The number of carbonyl (C=O) groups is 1. The lowest BCUT2D eigenvalue weighted by molar-refractivity contribution is 0.0699. The number of tetrazole rings is 1. The minimum atomic E-state index is -0.287. The fraction of sp³-hybridized carbons (Fsp3) is 0.538. The predicted molar refractivity (Wildman–Crippen MR) is 70.1 cm³/mol. The second-order valence-electron chi connectivity index (χ2n) is 5.65. The Balaban J connectivity index is 1.56. The third-order valence-corrected chi connectivity index (χ3v) is 4.43. The van der Waals surface area contributed by atoms with Crippen LogP contribution < -0.4 is 0 Å². The Labute approximate surface area is 120 Å². The Hall–Kier alpha value is -2.22. The molecule has 3 heterocycles. The molecule has 1 saturated heterocycles. The van der Waals surface area contributed by atoms with Crippen LogP contribution in [0.5, 0.6) is 0 Å². The zero-order valence-electron chi connectivity index (χ0n) is 11.3. The molecule has 2 N–H and O–H groups in total. The molecule has 8 nitrogen and oxygen atoms in total. The van der Waals surface area contributed by atoms with Crippen molar-refractivity contribution in [1.82, 2.24) is 25.5 Å². The average molecular weight is 289 g/mol. The fourth-order valence-corrected chi connectivity index (χ4v) is 3.33. The zero-order valence-corrected chi connectivity index (χ0v) is 11.3. The first kappa shape index (κ1) is 12.5. The van der Waals surface area contributed by atoms with Crippen molar-refractivity contribution in [3.05, 3.63) is 17.9 Å². The van der Waals surface area contributed by atoms with E-state index in [1.54, 1.807) is 12.1 Å². The monoisotopic (exact) mass is 289 g/mol. The predicted octanol–water partition coefficient (Wildman–Crippen LogP) is 0.445. The van der Waals surface area contributed by atoms with Crippen LogP contribution in [0.1, 0.15) is 29.8 Å². The van der Waals surface area contributed by atoms with E-state index in [-0.39, 0.29) is 29.7 Å². The molecular formula is C13H15N5O3. The van der Waals surface area contributed by atoms with Crippen molar-refractivity contribution in [3.63, 3.8) is 0 Å². The van der Waals surface area contributed by atoms with Crippen LogP contribution >= 0.6 is 0 Å². The molecule has 1 aliphatic heterocycles. The molecule has 0 aromatic carbocycles. The van der Waals surface area contributed by atoms with Crippen molar-refractivity contribution in [2.45, 2.75) is 31.4 Å². The van der Waals surface area contributed by atoms with Crippen molar-refractivity contribution >= 4 is 5.91 Å². The number of nitrogens with one attached hydrogen (secondary N) is 1. The van der Waals surface area contributed by atoms with Gasteiger partial charge in [-0.3, -0.25) is 4.79 Å². The van der Waals surface area contributed by atoms with Crippen LogP contribution in [-0.4, -0.2) is 55.2 Å². The summed E-state index contributed by atoms with van der Waals surface area (Å²) < 4.78 is 5.54. The maximum absolute atomic E-state index is 12.6. The summed E-state index contributed by atoms with van der Waals surface area (Å²) in [4.78, 5) is 14.4. The number of likely N-dealkylation sites (tertiary alicyclic amines) is 1. The van der Waals surface area contributed by atoms with Crippen molar-refractivity contribution in [2.75, 3.05) is 6.54 Å². The lowest BCUT2D eigenvalue weighted by Gasteiger charge is -2.25. The third-order valence-electron chi connectivity index (χ3n) is 4.43. The van der Waals surface area contributed by atoms with Crippen LogP contribution in [0.4, 0.5) is 0 Å². The largest absolute Gasteiger partial charge is 0.447 e. The Bertz CT molecular complexity index is 653. The van der Waals surface area contributed by atoms with E-state index in [4.69, 9.17) is 4.42 Å². The maximum Gasteiger partial charge on any atom is 0.289 e. The smallest absolute Gasteiger partial charge is 0.289 e. The van der Waals surface area contributed by atoms with E-state index < -0.39 is 0 Å². The molecule has 2 bridgehead atoms. The highest BCUT2D eigenvalue weighted by atomic mass is 16.4. The van der Waals surface area contributed by atoms with Gasteiger partial charge in [0.25, 0.3) is 5.91 Å². The van der Waals surface area contributed by atoms with Gasteiger partial charge in [-0.05, 0) is 36.6 Å². The highest BCUT2D eigenvalue weighted by Crippen LogP contribution is 2.36. The molecule has 1 amide bonds. The number of aromatic amines is 1. The summed E-state index contributed by atoms with van der Waals surface area (Å²) in [5, 5.41) is 23.4. The maximum atomic E-state index is 12.6. The molecule has 0 spiro atoms. The van der Waals surface area contributed by atoms with Gasteiger partial charge in [0.05, 0.1) is 6.10 Å². The van der Waals surface area contributed by atoms with Gasteiger partial charge in [0, 0.05) is 18.5 Å². The molecule has 1 saturated carbocycles. The minimum Gasteiger partial charge on any atom is -0.447 e. The van der Waals surface area contributed by atoms with Gasteiger partial charge in [0.1, 0.15) is 0 Å². The molecular weight excluding hydrogens is 274 g/mol. The van der Waals surface area contributed by atoms with Gasteiger partial charge >= 0.3 is 0 Å². The quantitative estimate of drug-likeness (QED) is 0.830. The topological polar surface area (TPSA) is 108 Å². The number of carbonyl (C=O) groups excluding carboxylic acids is 1. The molecule has 2 aromatic rings. The third kappa shape index (κ3) is 2.02. The summed E-state index contributed by atoms with van der Waals surface area (Å²) in [7, 11) is 0. The first-order valence-corrected chi connectivity index (χ1v) is 7.05. The number of hydrogen-bond donors (Lipinski definition) is 2. The van der Waals surface area contributed by atoms with E-state index in [1.165, 1.54) is 0 Å². The van der Waals surface area contributed by atoms with E-state index in [9.17, 15) is 9.90 Å². The van der Waals surface area contributed by atoms with Gasteiger partial charge < -0.3 is 14.4 Å². The summed E-state index contributed by atoms with van der Waals surface area (Å²) in [6, 6.07) is 3.51. The molecule has 3 unspecified atom stereocenters. The highest BCUT2D eigenvalue weighted by Gasteiger charge is 2.42. The van der Waals surface area contributed by atoms with Crippen molar-refractivity contribution < 1.29 is 14.3 Å². The lowest BCUT2D eigenvalue weighted by atomic mass is 9.88. The number of H-pyrrole nitrogens is 1. The molecule has 2 fully saturated rings. The molecule has 2 aliphatic rings. The van der Waals surface area contributed by atoms with E-state index in [1.807, 2.05) is 4.90 Å². The number of aromatic nitrogens is 4. The van der Waals surface area contributed by atoms with Gasteiger partial charge in [0.2, 0.25) is 5.82 Å². The van der Waals surface area contributed by atoms with Crippen LogP contribution in [0.25, 0.3) is 11.6 Å². The van der Waals surface area contributed by atoms with Crippen molar-refractivity contribution in [2.24, 2.45) is 5.92 Å². The highest BCUT2D eigenvalue weighted by molar-refractivity contribution is 5.92. The molecule has 3 atom stereocenters. The standard InChI is InChI=1S/C13H15N5O3/c19-9-2-1-8-5-7(9)6-18(8)13(20)11-4-3-10(21-11)12-14-16-17-15-12/h3-4,7-9,19H,1-2,5-6H2,(H,14,15,16,17). The normalized spacial score (nSPS) is 28.0. The van der Waals surface area contributed by atoms with Gasteiger partial charge in [-0.25, -0.2) is 0 Å². The minimum absolute atomic E-state index is 0.133. The molecule has 1 aliphatic carbocycles. The number of furan rings is 1. The van der Waals surface area contributed by atoms with Crippen LogP contribution in [-0.2, 0) is 0 Å². The van der Waals surface area contributed by atoms with Crippen molar-refractivity contribution in [3.8, 4) is 11.6 Å². The number of aliphatic hydroxyl groups excluding tert-OH is 1. The van der Waals surface area contributed by atoms with Crippen LogP contribution in [0.2, 0.25) is 0 Å². The summed E-state index contributed by atoms with van der Waals surface area (Å²) in [6.07, 6.45) is 2.21. The number of fused-ring (bicyclic) bond motifs is 2. The van der Waals surface area contributed by atoms with Crippen LogP contribution in [0.3, 0.4) is 0 Å². The summed E-state index contributed by atoms with van der Waals surface area (Å²) in [5.41, 5.74) is 0. The molecule has 110 valence electrons. The summed E-state index contributed by atoms with van der Waals surface area (Å²) in [6.45, 7) is 0.600. The Morgan fingerprint density at radius 2 is 2.33 bits per heavy atom. The first-order chi connectivity index (χ1) is 10.2. The fourth-order valence-electron chi connectivity index (χ4n) is 3.33. The SMILES string of the molecule is O=C(c1ccc(-c2nn[nH]n2)o1)N1CC2CC1CCC2O. The van der Waals surface area contributed by atoms with E-state index in [2.05, 4.69) is 20.6 Å². The molecule has 0 radical (unpaired) electrons. The van der Waals surface area contributed by atoms with Crippen molar-refractivity contribution in [1.29, 1.82) is 0 Å².